The number of carbonyl (C=O) groups is 4. The molecule has 0 unspecified atom stereocenters. The van der Waals surface area contributed by atoms with Crippen LogP contribution in [0.5, 0.6) is 0 Å². The minimum absolute atomic E-state index is 0.0278. The van der Waals surface area contributed by atoms with Crippen LogP contribution in [0.15, 0.2) is 0 Å². The molecule has 0 aromatic heterocycles. The summed E-state index contributed by atoms with van der Waals surface area (Å²) < 4.78 is 4.63. The number of aliphatic hydroxyl groups is 2. The second-order valence-corrected chi connectivity index (χ2v) is 3.71. The summed E-state index contributed by atoms with van der Waals surface area (Å²) in [5.74, 6) is -3.33. The van der Waals surface area contributed by atoms with E-state index in [4.69, 9.17) is 61.3 Å². The molecule has 13 nitrogen and oxygen atoms in total. The molecule has 0 rings (SSSR count). The molecule has 0 aliphatic heterocycles. The van der Waals surface area contributed by atoms with Crippen LogP contribution < -0.4 is 11.5 Å². The fourth-order valence-electron chi connectivity index (χ4n) is 0.231. The topological polar surface area (TPSA) is 251 Å². The van der Waals surface area contributed by atoms with E-state index in [1.54, 1.807) is 0 Å². The highest BCUT2D eigenvalue weighted by Crippen LogP contribution is 1.68. The molecule has 0 aromatic rings. The highest BCUT2D eigenvalue weighted by atomic mass is 16.5. The largest absolute Gasteiger partial charge is 0.481 e. The SMILES string of the molecule is CC(=O)O.CC(=O)O.CC(=O)O.CC(=O)O.NCCN.OCCOCCO. The van der Waals surface area contributed by atoms with Crippen molar-refractivity contribution >= 4 is 23.9 Å². The number of nitrogens with two attached hydrogens (primary N) is 2. The van der Waals surface area contributed by atoms with Crippen molar-refractivity contribution in [1.29, 1.82) is 0 Å². The molecule has 0 aromatic carbocycles. The molecule has 166 valence electrons. The summed E-state index contributed by atoms with van der Waals surface area (Å²) in [7, 11) is 0. The molecular weight excluding hydrogens is 372 g/mol. The number of hydrogen-bond donors (Lipinski definition) is 8. The molecule has 0 atom stereocenters. The molecule has 27 heavy (non-hydrogen) atoms. The Morgan fingerprint density at radius 3 is 0.852 bits per heavy atom. The lowest BCUT2D eigenvalue weighted by Crippen LogP contribution is -2.11. The molecular formula is C14H34N2O11. The first-order valence-electron chi connectivity index (χ1n) is 7.24. The van der Waals surface area contributed by atoms with Crippen molar-refractivity contribution in [3.05, 3.63) is 0 Å². The predicted octanol–water partition coefficient (Wildman–Crippen LogP) is -1.74. The molecule has 0 radical (unpaired) electrons. The van der Waals surface area contributed by atoms with Gasteiger partial charge in [-0.15, -0.1) is 0 Å². The normalized spacial score (nSPS) is 7.26. The van der Waals surface area contributed by atoms with Gasteiger partial charge >= 0.3 is 0 Å². The van der Waals surface area contributed by atoms with Gasteiger partial charge in [0.1, 0.15) is 0 Å². The third kappa shape index (κ3) is 1550. The minimum Gasteiger partial charge on any atom is -0.481 e. The summed E-state index contributed by atoms with van der Waals surface area (Å²) >= 11 is 0. The quantitative estimate of drug-likeness (QED) is 0.236. The van der Waals surface area contributed by atoms with Crippen LogP contribution in [-0.4, -0.2) is 94.0 Å². The van der Waals surface area contributed by atoms with Gasteiger partial charge in [-0.25, -0.2) is 0 Å². The first-order chi connectivity index (χ1) is 12.3. The van der Waals surface area contributed by atoms with Crippen LogP contribution in [0.25, 0.3) is 0 Å². The van der Waals surface area contributed by atoms with Gasteiger partial charge in [-0.1, -0.05) is 0 Å². The van der Waals surface area contributed by atoms with Crippen LogP contribution in [0, 0.1) is 0 Å². The van der Waals surface area contributed by atoms with E-state index in [1.165, 1.54) is 0 Å². The Morgan fingerprint density at radius 1 is 0.630 bits per heavy atom. The van der Waals surface area contributed by atoms with Gasteiger partial charge in [-0.05, 0) is 0 Å². The summed E-state index contributed by atoms with van der Waals surface area (Å²) in [4.78, 5) is 36.0. The van der Waals surface area contributed by atoms with Gasteiger partial charge in [0.2, 0.25) is 0 Å². The number of rotatable bonds is 5. The maximum Gasteiger partial charge on any atom is 0.300 e. The average molecular weight is 406 g/mol. The Kier molecular flexibility index (Phi) is 64.3. The molecule has 0 saturated carbocycles. The van der Waals surface area contributed by atoms with Crippen LogP contribution in [-0.2, 0) is 23.9 Å². The summed E-state index contributed by atoms with van der Waals surface area (Å²) in [6, 6.07) is 0. The van der Waals surface area contributed by atoms with Gasteiger partial charge in [0.15, 0.2) is 0 Å². The van der Waals surface area contributed by atoms with Crippen molar-refractivity contribution in [2.75, 3.05) is 39.5 Å². The third-order valence-corrected chi connectivity index (χ3v) is 0.638. The molecule has 0 spiro atoms. The average Bonchev–Trinajstić information content (AvgIpc) is 2.46. The van der Waals surface area contributed by atoms with Crippen LogP contribution in [0.3, 0.4) is 0 Å². The van der Waals surface area contributed by atoms with Gasteiger partial charge in [-0.2, -0.15) is 0 Å². The summed E-state index contributed by atoms with van der Waals surface area (Å²) in [5, 5.41) is 45.8. The van der Waals surface area contributed by atoms with Crippen LogP contribution in [0.1, 0.15) is 27.7 Å². The van der Waals surface area contributed by atoms with E-state index in [-0.39, 0.29) is 13.2 Å². The lowest BCUT2D eigenvalue weighted by molar-refractivity contribution is -0.135. The summed E-state index contributed by atoms with van der Waals surface area (Å²) in [5.41, 5.74) is 9.81. The number of aliphatic carboxylic acids is 4. The molecule has 0 amide bonds. The molecule has 0 bridgehead atoms. The fourth-order valence-corrected chi connectivity index (χ4v) is 0.231. The van der Waals surface area contributed by atoms with Crippen LogP contribution >= 0.6 is 0 Å². The van der Waals surface area contributed by atoms with Gasteiger partial charge in [0, 0.05) is 40.8 Å². The standard InChI is InChI=1S/C4H10O3.C2H8N2.4C2H4O2/c5-1-3-7-4-2-6;3-1-2-4;4*1-2(3)4/h5-6H,1-4H2;1-4H2;4*1H3,(H,3,4). The maximum absolute atomic E-state index is 9.00. The lowest BCUT2D eigenvalue weighted by atomic mass is 10.7. The Morgan fingerprint density at radius 2 is 0.778 bits per heavy atom. The number of hydrogen-bond acceptors (Lipinski definition) is 9. The smallest absolute Gasteiger partial charge is 0.300 e. The van der Waals surface area contributed by atoms with Crippen molar-refractivity contribution in [2.24, 2.45) is 11.5 Å². The van der Waals surface area contributed by atoms with Crippen molar-refractivity contribution in [1.82, 2.24) is 0 Å². The maximum atomic E-state index is 9.00. The van der Waals surface area contributed by atoms with E-state index in [2.05, 4.69) is 4.74 Å². The Bertz CT molecular complexity index is 256. The van der Waals surface area contributed by atoms with Crippen LogP contribution in [0.2, 0.25) is 0 Å². The minimum atomic E-state index is -0.833. The molecule has 0 heterocycles. The third-order valence-electron chi connectivity index (χ3n) is 0.638. The summed E-state index contributed by atoms with van der Waals surface area (Å²) in [6.07, 6.45) is 0. The first-order valence-corrected chi connectivity index (χ1v) is 7.24. The highest BCUT2D eigenvalue weighted by molar-refractivity contribution is 5.63. The van der Waals surface area contributed by atoms with E-state index < -0.39 is 23.9 Å². The zero-order valence-electron chi connectivity index (χ0n) is 16.1. The molecule has 0 aliphatic rings. The Hall–Kier alpha value is -2.32. The van der Waals surface area contributed by atoms with E-state index in [9.17, 15) is 0 Å². The number of carboxylic acids is 4. The van der Waals surface area contributed by atoms with Gasteiger partial charge in [0.05, 0.1) is 26.4 Å². The fraction of sp³-hybridized carbons (Fsp3) is 0.714. The van der Waals surface area contributed by atoms with E-state index in [0.717, 1.165) is 27.7 Å². The predicted molar refractivity (Wildman–Crippen MR) is 96.3 cm³/mol. The van der Waals surface area contributed by atoms with Crippen molar-refractivity contribution in [3.63, 3.8) is 0 Å². The van der Waals surface area contributed by atoms with Crippen molar-refractivity contribution in [2.45, 2.75) is 27.7 Å². The zero-order valence-corrected chi connectivity index (χ0v) is 16.1. The second kappa shape index (κ2) is 43.8. The zero-order chi connectivity index (χ0) is 23.3. The molecule has 0 saturated heterocycles. The number of carboxylic acid groups (broad SMARTS) is 4. The van der Waals surface area contributed by atoms with Crippen molar-refractivity contribution < 1.29 is 54.6 Å². The second-order valence-electron chi connectivity index (χ2n) is 3.71. The van der Waals surface area contributed by atoms with Crippen LogP contribution in [0.4, 0.5) is 0 Å². The molecule has 13 heteroatoms. The van der Waals surface area contributed by atoms with E-state index >= 15 is 0 Å². The molecule has 10 N–H and O–H groups in total. The highest BCUT2D eigenvalue weighted by Gasteiger charge is 1.79. The van der Waals surface area contributed by atoms with E-state index in [0.29, 0.717) is 26.3 Å². The van der Waals surface area contributed by atoms with E-state index in [1.807, 2.05) is 0 Å². The van der Waals surface area contributed by atoms with Gasteiger partial charge in [-0.3, -0.25) is 19.2 Å². The molecule has 0 aliphatic carbocycles. The molecule has 0 fully saturated rings. The Labute approximate surface area is 158 Å². The number of ether oxygens (including phenoxy) is 1. The van der Waals surface area contributed by atoms with Gasteiger partial charge < -0.3 is 46.8 Å². The number of aliphatic hydroxyl groups excluding tert-OH is 2. The first kappa shape index (κ1) is 39.7. The van der Waals surface area contributed by atoms with Crippen molar-refractivity contribution in [3.8, 4) is 0 Å². The summed E-state index contributed by atoms with van der Waals surface area (Å²) in [6.45, 7) is 6.22. The van der Waals surface area contributed by atoms with Gasteiger partial charge in [0.25, 0.3) is 23.9 Å². The monoisotopic (exact) mass is 406 g/mol. The lowest BCUT2D eigenvalue weighted by Gasteiger charge is -1.94. The Balaban J connectivity index is -0.0000000500.